The molecular weight excluding hydrogens is 280 g/mol. The lowest BCUT2D eigenvalue weighted by molar-refractivity contribution is 0.358. The average Bonchev–Trinajstić information content (AvgIpc) is 2.57. The van der Waals surface area contributed by atoms with Crippen molar-refractivity contribution < 1.29 is 9.47 Å². The smallest absolute Gasteiger partial charge is 0.169 e. The number of nitrogens with zero attached hydrogens (tertiary/aromatic N) is 4. The first-order valence-electron chi connectivity index (χ1n) is 6.03. The third kappa shape index (κ3) is 1.85. The van der Waals surface area contributed by atoms with Gasteiger partial charge in [0, 0.05) is 10.8 Å². The van der Waals surface area contributed by atoms with E-state index in [1.807, 2.05) is 24.3 Å². The third-order valence-corrected chi connectivity index (χ3v) is 3.26. The van der Waals surface area contributed by atoms with Gasteiger partial charge < -0.3 is 9.47 Å². The molecule has 2 aromatic rings. The van der Waals surface area contributed by atoms with Crippen molar-refractivity contribution in [3.05, 3.63) is 34.4 Å². The van der Waals surface area contributed by atoms with Crippen LogP contribution in [-0.4, -0.2) is 14.2 Å². The van der Waals surface area contributed by atoms with Gasteiger partial charge in [-0.2, -0.15) is 21.0 Å². The number of hydrogen-bond donors (Lipinski definition) is 0. The predicted octanol–water partition coefficient (Wildman–Crippen LogP) is 2.34. The zero-order valence-corrected chi connectivity index (χ0v) is 11.8. The van der Waals surface area contributed by atoms with Crippen LogP contribution in [-0.2, 0) is 0 Å². The fourth-order valence-corrected chi connectivity index (χ4v) is 2.34. The monoisotopic (exact) mass is 288 g/mol. The molecule has 0 aromatic heterocycles. The van der Waals surface area contributed by atoms with E-state index in [4.69, 9.17) is 9.47 Å². The summed E-state index contributed by atoms with van der Waals surface area (Å²) in [6.07, 6.45) is 0. The van der Waals surface area contributed by atoms with Gasteiger partial charge in [-0.1, -0.05) is 0 Å². The Labute approximate surface area is 126 Å². The van der Waals surface area contributed by atoms with Crippen LogP contribution < -0.4 is 9.47 Å². The highest BCUT2D eigenvalue weighted by atomic mass is 16.5. The maximum atomic E-state index is 9.42. The molecule has 0 unspecified atom stereocenters. The molecule has 0 heterocycles. The summed E-state index contributed by atoms with van der Waals surface area (Å²) in [5.41, 5.74) is -0.223. The number of methoxy groups -OCH3 is 2. The zero-order valence-electron chi connectivity index (χ0n) is 11.8. The second-order valence-corrected chi connectivity index (χ2v) is 4.17. The Morgan fingerprint density at radius 2 is 1.27 bits per heavy atom. The largest absolute Gasteiger partial charge is 0.493 e. The Bertz CT molecular complexity index is 950. The molecule has 0 fully saturated rings. The fraction of sp³-hybridized carbons (Fsp3) is 0.125. The molecule has 2 rings (SSSR count). The van der Waals surface area contributed by atoms with E-state index in [0.717, 1.165) is 0 Å². The summed E-state index contributed by atoms with van der Waals surface area (Å²) in [7, 11) is 2.84. The van der Waals surface area contributed by atoms with E-state index >= 15 is 0 Å². The molecule has 0 bridgehead atoms. The number of fused-ring (bicyclic) bond motifs is 1. The number of rotatable bonds is 2. The molecule has 6 heteroatoms. The molecule has 22 heavy (non-hydrogen) atoms. The molecule has 0 radical (unpaired) electrons. The molecule has 2 aromatic carbocycles. The second-order valence-electron chi connectivity index (χ2n) is 4.17. The fourth-order valence-electron chi connectivity index (χ4n) is 2.34. The SMILES string of the molecule is COc1ccc2c(C#N)c(C#N)c(C#N)c(C#N)c2c1OC. The van der Waals surface area contributed by atoms with Crippen molar-refractivity contribution >= 4 is 10.8 Å². The Morgan fingerprint density at radius 1 is 0.727 bits per heavy atom. The van der Waals surface area contributed by atoms with Gasteiger partial charge >= 0.3 is 0 Å². The third-order valence-electron chi connectivity index (χ3n) is 3.26. The Balaban J connectivity index is 3.25. The minimum Gasteiger partial charge on any atom is -0.493 e. The Morgan fingerprint density at radius 3 is 1.73 bits per heavy atom. The summed E-state index contributed by atoms with van der Waals surface area (Å²) in [6, 6.07) is 10.7. The van der Waals surface area contributed by atoms with Gasteiger partial charge in [0.05, 0.1) is 36.5 Å². The molecule has 0 amide bonds. The molecule has 6 nitrogen and oxygen atoms in total. The van der Waals surface area contributed by atoms with Crippen LogP contribution in [0.1, 0.15) is 22.3 Å². The van der Waals surface area contributed by atoms with E-state index in [1.165, 1.54) is 14.2 Å². The number of benzene rings is 2. The second kappa shape index (κ2) is 5.71. The maximum Gasteiger partial charge on any atom is 0.169 e. The first kappa shape index (κ1) is 14.7. The van der Waals surface area contributed by atoms with E-state index < -0.39 is 0 Å². The van der Waals surface area contributed by atoms with Crippen LogP contribution in [0.5, 0.6) is 11.5 Å². The van der Waals surface area contributed by atoms with E-state index in [2.05, 4.69) is 0 Å². The van der Waals surface area contributed by atoms with Crippen molar-refractivity contribution in [1.29, 1.82) is 21.0 Å². The summed E-state index contributed by atoms with van der Waals surface area (Å²) in [4.78, 5) is 0. The standard InChI is InChI=1S/C16H8N4O2/c1-21-14-4-3-9-10(5-17)11(6-18)12(7-19)13(8-20)15(9)16(14)22-2/h3-4H,1-2H3. The molecule has 0 aliphatic carbocycles. The number of hydrogen-bond acceptors (Lipinski definition) is 6. The van der Waals surface area contributed by atoms with Crippen LogP contribution in [0, 0.1) is 45.3 Å². The van der Waals surface area contributed by atoms with Crippen molar-refractivity contribution in [3.8, 4) is 35.8 Å². The van der Waals surface area contributed by atoms with Crippen molar-refractivity contribution in [2.24, 2.45) is 0 Å². The molecule has 0 N–H and O–H groups in total. The highest BCUT2D eigenvalue weighted by Gasteiger charge is 2.23. The van der Waals surface area contributed by atoms with Gasteiger partial charge in [-0.15, -0.1) is 0 Å². The predicted molar refractivity (Wildman–Crippen MR) is 75.9 cm³/mol. The molecule has 0 aliphatic rings. The summed E-state index contributed by atoms with van der Waals surface area (Å²) in [6.45, 7) is 0. The van der Waals surface area contributed by atoms with E-state index in [9.17, 15) is 21.0 Å². The first-order valence-corrected chi connectivity index (χ1v) is 6.03. The van der Waals surface area contributed by atoms with Gasteiger partial charge in [-0.05, 0) is 12.1 Å². The van der Waals surface area contributed by atoms with Crippen LogP contribution in [0.25, 0.3) is 10.8 Å². The molecule has 0 atom stereocenters. The highest BCUT2D eigenvalue weighted by molar-refractivity contribution is 6.02. The van der Waals surface area contributed by atoms with Crippen molar-refractivity contribution in [2.75, 3.05) is 14.2 Å². The molecule has 0 saturated heterocycles. The lowest BCUT2D eigenvalue weighted by Crippen LogP contribution is -2.00. The highest BCUT2D eigenvalue weighted by Crippen LogP contribution is 2.41. The van der Waals surface area contributed by atoms with Gasteiger partial charge in [0.1, 0.15) is 24.3 Å². The van der Waals surface area contributed by atoms with Crippen LogP contribution in [0.4, 0.5) is 0 Å². The van der Waals surface area contributed by atoms with Crippen LogP contribution in [0.15, 0.2) is 12.1 Å². The van der Waals surface area contributed by atoms with Gasteiger partial charge in [0.15, 0.2) is 11.5 Å². The van der Waals surface area contributed by atoms with Crippen LogP contribution >= 0.6 is 0 Å². The lowest BCUT2D eigenvalue weighted by Gasteiger charge is -2.14. The topological polar surface area (TPSA) is 114 Å². The summed E-state index contributed by atoms with van der Waals surface area (Å²) in [5.74, 6) is 0.609. The summed E-state index contributed by atoms with van der Waals surface area (Å²) < 4.78 is 10.5. The van der Waals surface area contributed by atoms with Crippen LogP contribution in [0.2, 0.25) is 0 Å². The van der Waals surface area contributed by atoms with E-state index in [1.54, 1.807) is 12.1 Å². The summed E-state index contributed by atoms with van der Waals surface area (Å²) >= 11 is 0. The van der Waals surface area contributed by atoms with Gasteiger partial charge in [-0.3, -0.25) is 0 Å². The number of ether oxygens (including phenoxy) is 2. The summed E-state index contributed by atoms with van der Waals surface area (Å²) in [5, 5.41) is 38.0. The Hall–Kier alpha value is -3.74. The van der Waals surface area contributed by atoms with Gasteiger partial charge in [0.2, 0.25) is 0 Å². The van der Waals surface area contributed by atoms with Crippen molar-refractivity contribution in [1.82, 2.24) is 0 Å². The number of nitriles is 4. The zero-order chi connectivity index (χ0) is 16.3. The molecular formula is C16H8N4O2. The molecule has 104 valence electrons. The first-order chi connectivity index (χ1) is 10.7. The van der Waals surface area contributed by atoms with Gasteiger partial charge in [0.25, 0.3) is 0 Å². The quantitative estimate of drug-likeness (QED) is 0.837. The van der Waals surface area contributed by atoms with Gasteiger partial charge in [-0.25, -0.2) is 0 Å². The minimum absolute atomic E-state index is 0.0104. The normalized spacial score (nSPS) is 9.18. The Kier molecular flexibility index (Phi) is 3.81. The van der Waals surface area contributed by atoms with Crippen LogP contribution in [0.3, 0.4) is 0 Å². The van der Waals surface area contributed by atoms with Crippen molar-refractivity contribution in [3.63, 3.8) is 0 Å². The van der Waals surface area contributed by atoms with E-state index in [-0.39, 0.29) is 33.4 Å². The lowest BCUT2D eigenvalue weighted by atomic mass is 9.90. The average molecular weight is 288 g/mol. The molecule has 0 saturated carbocycles. The van der Waals surface area contributed by atoms with E-state index in [0.29, 0.717) is 11.1 Å². The van der Waals surface area contributed by atoms with Crippen molar-refractivity contribution in [2.45, 2.75) is 0 Å². The minimum atomic E-state index is -0.138. The molecule has 0 spiro atoms. The maximum absolute atomic E-state index is 9.42. The molecule has 0 aliphatic heterocycles.